The zero-order chi connectivity index (χ0) is 12.3. The first-order chi connectivity index (χ1) is 8.15. The summed E-state index contributed by atoms with van der Waals surface area (Å²) in [5.74, 6) is 2.60. The minimum absolute atomic E-state index is 0.153. The lowest BCUT2D eigenvalue weighted by atomic mass is 9.94. The molecule has 0 saturated heterocycles. The van der Waals surface area contributed by atoms with E-state index in [4.69, 9.17) is 0 Å². The summed E-state index contributed by atoms with van der Waals surface area (Å²) in [6.45, 7) is 5.86. The maximum atomic E-state index is 11.4. The summed E-state index contributed by atoms with van der Waals surface area (Å²) in [6, 6.07) is 0.248. The minimum atomic E-state index is 0.153. The Morgan fingerprint density at radius 2 is 2.18 bits per heavy atom. The monoisotopic (exact) mass is 236 g/mol. The third-order valence-corrected chi connectivity index (χ3v) is 3.80. The van der Waals surface area contributed by atoms with Gasteiger partial charge in [0.05, 0.1) is 0 Å². The van der Waals surface area contributed by atoms with E-state index in [2.05, 4.69) is 22.8 Å². The number of carbonyl (C=O) groups excluding carboxylic acids is 1. The summed E-state index contributed by atoms with van der Waals surface area (Å²) in [5.41, 5.74) is 0. The van der Waals surface area contributed by atoms with Gasteiger partial charge in [-0.1, -0.05) is 12.2 Å². The van der Waals surface area contributed by atoms with Gasteiger partial charge >= 0.3 is 0 Å². The normalized spacial score (nSPS) is 30.2. The molecule has 0 spiro atoms. The Morgan fingerprint density at radius 3 is 2.76 bits per heavy atom. The van der Waals surface area contributed by atoms with Crippen LogP contribution in [0.3, 0.4) is 0 Å². The predicted molar refractivity (Wildman–Crippen MR) is 69.6 cm³/mol. The van der Waals surface area contributed by atoms with E-state index in [0.717, 1.165) is 30.8 Å². The highest BCUT2D eigenvalue weighted by Crippen LogP contribution is 2.42. The molecule has 96 valence electrons. The van der Waals surface area contributed by atoms with Crippen molar-refractivity contribution >= 4 is 5.91 Å². The SMILES string of the molecule is CC(C)NC(=O)CCNCC1CC2C=CC1C2. The number of rotatable bonds is 6. The molecule has 0 heterocycles. The van der Waals surface area contributed by atoms with E-state index >= 15 is 0 Å². The molecule has 2 aliphatic carbocycles. The van der Waals surface area contributed by atoms with Gasteiger partial charge in [0.15, 0.2) is 0 Å². The lowest BCUT2D eigenvalue weighted by molar-refractivity contribution is -0.121. The summed E-state index contributed by atoms with van der Waals surface area (Å²) >= 11 is 0. The molecule has 1 saturated carbocycles. The van der Waals surface area contributed by atoms with Crippen molar-refractivity contribution in [1.82, 2.24) is 10.6 Å². The number of allylic oxidation sites excluding steroid dienone is 2. The number of nitrogens with one attached hydrogen (secondary N) is 2. The molecule has 1 fully saturated rings. The minimum Gasteiger partial charge on any atom is -0.354 e. The molecule has 0 aliphatic heterocycles. The highest BCUT2D eigenvalue weighted by molar-refractivity contribution is 5.76. The summed E-state index contributed by atoms with van der Waals surface area (Å²) in [7, 11) is 0. The standard InChI is InChI=1S/C14H24N2O/c1-10(2)16-14(17)5-6-15-9-13-8-11-3-4-12(13)7-11/h3-4,10-13,15H,5-9H2,1-2H3,(H,16,17). The van der Waals surface area contributed by atoms with Crippen molar-refractivity contribution in [3.05, 3.63) is 12.2 Å². The first kappa shape index (κ1) is 12.6. The van der Waals surface area contributed by atoms with E-state index in [0.29, 0.717) is 6.42 Å². The van der Waals surface area contributed by atoms with Gasteiger partial charge < -0.3 is 10.6 Å². The van der Waals surface area contributed by atoms with Gasteiger partial charge in [0.1, 0.15) is 0 Å². The number of carbonyl (C=O) groups is 1. The van der Waals surface area contributed by atoms with E-state index in [1.54, 1.807) is 0 Å². The molecule has 0 aromatic rings. The molecule has 17 heavy (non-hydrogen) atoms. The Hall–Kier alpha value is -0.830. The van der Waals surface area contributed by atoms with Crippen LogP contribution in [0.2, 0.25) is 0 Å². The maximum absolute atomic E-state index is 11.4. The van der Waals surface area contributed by atoms with Gasteiger partial charge in [-0.05, 0) is 51.0 Å². The van der Waals surface area contributed by atoms with Crippen LogP contribution in [0.5, 0.6) is 0 Å². The van der Waals surface area contributed by atoms with Crippen molar-refractivity contribution in [1.29, 1.82) is 0 Å². The van der Waals surface area contributed by atoms with Crippen molar-refractivity contribution in [3.8, 4) is 0 Å². The molecule has 3 atom stereocenters. The van der Waals surface area contributed by atoms with E-state index in [-0.39, 0.29) is 11.9 Å². The van der Waals surface area contributed by atoms with E-state index < -0.39 is 0 Å². The van der Waals surface area contributed by atoms with Gasteiger partial charge in [-0.2, -0.15) is 0 Å². The van der Waals surface area contributed by atoms with Crippen LogP contribution in [-0.4, -0.2) is 25.0 Å². The number of amides is 1. The Labute approximate surface area is 104 Å². The number of fused-ring (bicyclic) bond motifs is 2. The topological polar surface area (TPSA) is 41.1 Å². The van der Waals surface area contributed by atoms with Crippen molar-refractivity contribution in [2.75, 3.05) is 13.1 Å². The molecule has 1 amide bonds. The highest BCUT2D eigenvalue weighted by atomic mass is 16.1. The van der Waals surface area contributed by atoms with Gasteiger partial charge in [-0.15, -0.1) is 0 Å². The smallest absolute Gasteiger partial charge is 0.221 e. The van der Waals surface area contributed by atoms with E-state index in [1.165, 1.54) is 12.8 Å². The first-order valence-corrected chi connectivity index (χ1v) is 6.83. The molecule has 2 N–H and O–H groups in total. The van der Waals surface area contributed by atoms with Gasteiger partial charge in [0.25, 0.3) is 0 Å². The van der Waals surface area contributed by atoms with Crippen molar-refractivity contribution < 1.29 is 4.79 Å². The van der Waals surface area contributed by atoms with Crippen LogP contribution in [0, 0.1) is 17.8 Å². The van der Waals surface area contributed by atoms with Crippen LogP contribution in [0.25, 0.3) is 0 Å². The molecule has 2 bridgehead atoms. The lowest BCUT2D eigenvalue weighted by Gasteiger charge is -2.18. The Balaban J connectivity index is 1.55. The summed E-state index contributed by atoms with van der Waals surface area (Å²) in [6.07, 6.45) is 8.05. The molecule has 0 radical (unpaired) electrons. The number of hydrogen-bond donors (Lipinski definition) is 2. The third kappa shape index (κ3) is 3.56. The Kier molecular flexibility index (Phi) is 4.21. The van der Waals surface area contributed by atoms with Crippen molar-refractivity contribution in [2.45, 2.75) is 39.2 Å². The van der Waals surface area contributed by atoms with Gasteiger partial charge in [-0.3, -0.25) is 4.79 Å². The average Bonchev–Trinajstić information content (AvgIpc) is 2.85. The average molecular weight is 236 g/mol. The molecule has 3 unspecified atom stereocenters. The predicted octanol–water partition coefficient (Wildman–Crippen LogP) is 1.70. The molecule has 0 aromatic heterocycles. The van der Waals surface area contributed by atoms with Gasteiger partial charge in [0, 0.05) is 19.0 Å². The second kappa shape index (κ2) is 5.67. The maximum Gasteiger partial charge on any atom is 0.221 e. The first-order valence-electron chi connectivity index (χ1n) is 6.83. The van der Waals surface area contributed by atoms with Crippen LogP contribution < -0.4 is 10.6 Å². The van der Waals surface area contributed by atoms with Crippen LogP contribution >= 0.6 is 0 Å². The molecule has 0 aromatic carbocycles. The highest BCUT2D eigenvalue weighted by Gasteiger charge is 2.34. The second-order valence-corrected chi connectivity index (χ2v) is 5.72. The molecule has 3 heteroatoms. The lowest BCUT2D eigenvalue weighted by Crippen LogP contribution is -2.34. The summed E-state index contributed by atoms with van der Waals surface area (Å²) < 4.78 is 0. The quantitative estimate of drug-likeness (QED) is 0.544. The Morgan fingerprint density at radius 1 is 1.35 bits per heavy atom. The fraction of sp³-hybridized carbons (Fsp3) is 0.786. The third-order valence-electron chi connectivity index (χ3n) is 3.80. The second-order valence-electron chi connectivity index (χ2n) is 5.72. The van der Waals surface area contributed by atoms with E-state index in [9.17, 15) is 4.79 Å². The fourth-order valence-electron chi connectivity index (χ4n) is 3.01. The van der Waals surface area contributed by atoms with Crippen molar-refractivity contribution in [2.24, 2.45) is 17.8 Å². The van der Waals surface area contributed by atoms with Gasteiger partial charge in [0.2, 0.25) is 5.91 Å². The summed E-state index contributed by atoms with van der Waals surface area (Å²) in [5, 5.41) is 6.33. The fourth-order valence-corrected chi connectivity index (χ4v) is 3.01. The van der Waals surface area contributed by atoms with Crippen LogP contribution in [0.1, 0.15) is 33.1 Å². The largest absolute Gasteiger partial charge is 0.354 e. The Bertz CT molecular complexity index is 299. The molecule has 2 aliphatic rings. The molecular weight excluding hydrogens is 212 g/mol. The molecular formula is C14H24N2O. The zero-order valence-electron chi connectivity index (χ0n) is 10.9. The molecule has 3 nitrogen and oxygen atoms in total. The van der Waals surface area contributed by atoms with Crippen LogP contribution in [0.4, 0.5) is 0 Å². The molecule has 2 rings (SSSR count). The van der Waals surface area contributed by atoms with Crippen molar-refractivity contribution in [3.63, 3.8) is 0 Å². The van der Waals surface area contributed by atoms with Crippen LogP contribution in [0.15, 0.2) is 12.2 Å². The van der Waals surface area contributed by atoms with E-state index in [1.807, 2.05) is 13.8 Å². The number of hydrogen-bond acceptors (Lipinski definition) is 2. The zero-order valence-corrected chi connectivity index (χ0v) is 10.9. The van der Waals surface area contributed by atoms with Crippen LogP contribution in [-0.2, 0) is 4.79 Å². The summed E-state index contributed by atoms with van der Waals surface area (Å²) in [4.78, 5) is 11.4. The van der Waals surface area contributed by atoms with Gasteiger partial charge in [-0.25, -0.2) is 0 Å².